The highest BCUT2D eigenvalue weighted by Crippen LogP contribution is 2.31. The number of nitrogens with zero attached hydrogens (tertiary/aromatic N) is 1. The van der Waals surface area contributed by atoms with E-state index in [2.05, 4.69) is 15.6 Å². The fraction of sp³-hybridized carbons (Fsp3) is 0.929. The lowest BCUT2D eigenvalue weighted by Crippen LogP contribution is -2.38. The van der Waals surface area contributed by atoms with Gasteiger partial charge in [-0.15, -0.1) is 24.0 Å². The molecule has 1 saturated carbocycles. The Morgan fingerprint density at radius 1 is 1.25 bits per heavy atom. The average molecular weight is 397 g/mol. The summed E-state index contributed by atoms with van der Waals surface area (Å²) in [6, 6.07) is 0. The van der Waals surface area contributed by atoms with Crippen LogP contribution in [0, 0.1) is 5.92 Å². The van der Waals surface area contributed by atoms with Gasteiger partial charge in [0.1, 0.15) is 0 Å². The first-order chi connectivity index (χ1) is 9.38. The minimum atomic E-state index is 0. The molecular formula is C14H28IN3O2. The summed E-state index contributed by atoms with van der Waals surface area (Å²) in [6.07, 6.45) is 6.45. The summed E-state index contributed by atoms with van der Waals surface area (Å²) in [5.41, 5.74) is 0. The Labute approximate surface area is 139 Å². The number of hydrogen-bond acceptors (Lipinski definition) is 3. The molecule has 0 aromatic heterocycles. The molecule has 2 N–H and O–H groups in total. The van der Waals surface area contributed by atoms with Gasteiger partial charge in [-0.25, -0.2) is 0 Å². The summed E-state index contributed by atoms with van der Waals surface area (Å²) < 4.78 is 11.0. The van der Waals surface area contributed by atoms with Gasteiger partial charge in [-0.05, 0) is 25.2 Å². The molecule has 0 amide bonds. The lowest BCUT2D eigenvalue weighted by atomic mass is 10.3. The normalized spacial score (nSPS) is 22.4. The van der Waals surface area contributed by atoms with E-state index in [1.807, 2.05) is 7.05 Å². The fourth-order valence-corrected chi connectivity index (χ4v) is 2.20. The van der Waals surface area contributed by atoms with Gasteiger partial charge in [0.25, 0.3) is 0 Å². The highest BCUT2D eigenvalue weighted by Gasteiger charge is 2.20. The Kier molecular flexibility index (Phi) is 9.54. The zero-order chi connectivity index (χ0) is 13.3. The van der Waals surface area contributed by atoms with Crippen LogP contribution in [0.2, 0.25) is 0 Å². The van der Waals surface area contributed by atoms with Gasteiger partial charge in [-0.1, -0.05) is 12.8 Å². The predicted molar refractivity (Wildman–Crippen MR) is 91.9 cm³/mol. The average Bonchev–Trinajstić information content (AvgIpc) is 3.10. The summed E-state index contributed by atoms with van der Waals surface area (Å²) in [4.78, 5) is 4.21. The number of ether oxygens (including phenoxy) is 2. The highest BCUT2D eigenvalue weighted by atomic mass is 127. The molecule has 1 heterocycles. The van der Waals surface area contributed by atoms with Crippen molar-refractivity contribution in [2.45, 2.75) is 38.2 Å². The molecule has 0 aromatic rings. The van der Waals surface area contributed by atoms with Gasteiger partial charge in [-0.2, -0.15) is 0 Å². The lowest BCUT2D eigenvalue weighted by molar-refractivity contribution is 0.0420. The third kappa shape index (κ3) is 7.64. The maximum atomic E-state index is 5.71. The van der Waals surface area contributed by atoms with Gasteiger partial charge in [0, 0.05) is 33.4 Å². The minimum absolute atomic E-state index is 0. The van der Waals surface area contributed by atoms with Crippen LogP contribution >= 0.6 is 24.0 Å². The molecule has 0 radical (unpaired) electrons. The van der Waals surface area contributed by atoms with E-state index < -0.39 is 0 Å². The number of rotatable bonds is 8. The quantitative estimate of drug-likeness (QED) is 0.284. The topological polar surface area (TPSA) is 54.9 Å². The van der Waals surface area contributed by atoms with Crippen LogP contribution in [-0.2, 0) is 9.47 Å². The van der Waals surface area contributed by atoms with Crippen molar-refractivity contribution in [2.24, 2.45) is 10.9 Å². The molecule has 1 saturated heterocycles. The number of nitrogens with one attached hydrogen (secondary N) is 2. The van der Waals surface area contributed by atoms with E-state index in [-0.39, 0.29) is 24.0 Å². The van der Waals surface area contributed by atoms with Crippen molar-refractivity contribution in [1.29, 1.82) is 0 Å². The number of hydrogen-bond donors (Lipinski definition) is 2. The fourth-order valence-electron chi connectivity index (χ4n) is 2.20. The zero-order valence-electron chi connectivity index (χ0n) is 12.4. The van der Waals surface area contributed by atoms with Crippen molar-refractivity contribution in [2.75, 3.05) is 40.0 Å². The molecule has 118 valence electrons. The van der Waals surface area contributed by atoms with Crippen molar-refractivity contribution in [3.8, 4) is 0 Å². The second kappa shape index (κ2) is 10.6. The van der Waals surface area contributed by atoms with Crippen LogP contribution in [0.4, 0.5) is 0 Å². The molecule has 5 nitrogen and oxygen atoms in total. The third-order valence-electron chi connectivity index (χ3n) is 3.62. The molecule has 6 heteroatoms. The van der Waals surface area contributed by atoms with Gasteiger partial charge in [0.2, 0.25) is 0 Å². The van der Waals surface area contributed by atoms with Crippen LogP contribution in [0.1, 0.15) is 32.1 Å². The molecule has 1 unspecified atom stereocenters. The highest BCUT2D eigenvalue weighted by molar-refractivity contribution is 14.0. The van der Waals surface area contributed by atoms with Crippen molar-refractivity contribution in [1.82, 2.24) is 10.6 Å². The Balaban J connectivity index is 0.00000200. The minimum Gasteiger partial charge on any atom is -0.379 e. The van der Waals surface area contributed by atoms with E-state index >= 15 is 0 Å². The summed E-state index contributed by atoms with van der Waals surface area (Å²) in [7, 11) is 1.82. The standard InChI is InChI=1S/C14H27N3O2.HI/c1-15-14(17-8-5-12-3-4-12)16-7-2-9-19-13-6-10-18-11-13;/h12-13H,2-11H2,1H3,(H2,15,16,17);1H. The van der Waals surface area contributed by atoms with Crippen LogP contribution in [0.3, 0.4) is 0 Å². The maximum absolute atomic E-state index is 5.71. The van der Waals surface area contributed by atoms with Gasteiger partial charge in [0.15, 0.2) is 5.96 Å². The Morgan fingerprint density at radius 3 is 2.70 bits per heavy atom. The van der Waals surface area contributed by atoms with Gasteiger partial charge in [0.05, 0.1) is 12.7 Å². The third-order valence-corrected chi connectivity index (χ3v) is 3.62. The summed E-state index contributed by atoms with van der Waals surface area (Å²) in [5, 5.41) is 6.67. The molecule has 0 aromatic carbocycles. The molecule has 2 fully saturated rings. The van der Waals surface area contributed by atoms with E-state index in [4.69, 9.17) is 9.47 Å². The Hall–Kier alpha value is -0.0800. The molecule has 2 aliphatic rings. The zero-order valence-corrected chi connectivity index (χ0v) is 14.7. The van der Waals surface area contributed by atoms with Crippen LogP contribution in [-0.4, -0.2) is 52.0 Å². The van der Waals surface area contributed by atoms with Crippen molar-refractivity contribution < 1.29 is 9.47 Å². The summed E-state index contributed by atoms with van der Waals surface area (Å²) in [6.45, 7) is 4.33. The van der Waals surface area contributed by atoms with E-state index in [0.717, 1.165) is 57.6 Å². The van der Waals surface area contributed by atoms with E-state index in [9.17, 15) is 0 Å². The first-order valence-corrected chi connectivity index (χ1v) is 7.52. The van der Waals surface area contributed by atoms with Crippen LogP contribution < -0.4 is 10.6 Å². The smallest absolute Gasteiger partial charge is 0.190 e. The molecule has 1 aliphatic carbocycles. The molecule has 2 rings (SSSR count). The van der Waals surface area contributed by atoms with Crippen molar-refractivity contribution in [3.05, 3.63) is 0 Å². The SMILES string of the molecule is CN=C(NCCCOC1CCOC1)NCCC1CC1.I. The largest absolute Gasteiger partial charge is 0.379 e. The van der Waals surface area contributed by atoms with E-state index in [0.29, 0.717) is 6.10 Å². The molecule has 20 heavy (non-hydrogen) atoms. The van der Waals surface area contributed by atoms with E-state index in [1.54, 1.807) is 0 Å². The molecule has 1 aliphatic heterocycles. The molecule has 1 atom stereocenters. The monoisotopic (exact) mass is 397 g/mol. The number of halogens is 1. The number of guanidine groups is 1. The van der Waals surface area contributed by atoms with Gasteiger partial charge >= 0.3 is 0 Å². The molecule has 0 bridgehead atoms. The van der Waals surface area contributed by atoms with E-state index in [1.165, 1.54) is 19.3 Å². The maximum Gasteiger partial charge on any atom is 0.190 e. The Morgan fingerprint density at radius 2 is 2.05 bits per heavy atom. The predicted octanol–water partition coefficient (Wildman–Crippen LogP) is 1.77. The van der Waals surface area contributed by atoms with Crippen molar-refractivity contribution >= 4 is 29.9 Å². The van der Waals surface area contributed by atoms with Gasteiger partial charge in [-0.3, -0.25) is 4.99 Å². The lowest BCUT2D eigenvalue weighted by Gasteiger charge is -2.13. The van der Waals surface area contributed by atoms with Crippen molar-refractivity contribution in [3.63, 3.8) is 0 Å². The molecular weight excluding hydrogens is 369 g/mol. The second-order valence-corrected chi connectivity index (χ2v) is 5.37. The van der Waals surface area contributed by atoms with Crippen LogP contribution in [0.15, 0.2) is 4.99 Å². The second-order valence-electron chi connectivity index (χ2n) is 5.37. The van der Waals surface area contributed by atoms with Crippen LogP contribution in [0.25, 0.3) is 0 Å². The number of aliphatic imine (C=N–C) groups is 1. The Bertz CT molecular complexity index is 280. The molecule has 0 spiro atoms. The summed E-state index contributed by atoms with van der Waals surface area (Å²) >= 11 is 0. The summed E-state index contributed by atoms with van der Waals surface area (Å²) in [5.74, 6) is 1.87. The van der Waals surface area contributed by atoms with Gasteiger partial charge < -0.3 is 20.1 Å². The van der Waals surface area contributed by atoms with Crippen LogP contribution in [0.5, 0.6) is 0 Å². The first-order valence-electron chi connectivity index (χ1n) is 7.52. The first kappa shape index (κ1) is 18.0.